The number of benzene rings is 2. The maximum Gasteiger partial charge on any atom is 0.338 e. The van der Waals surface area contributed by atoms with Crippen LogP contribution in [-0.4, -0.2) is 17.9 Å². The molecule has 6 heteroatoms. The van der Waals surface area contributed by atoms with Crippen molar-refractivity contribution in [3.63, 3.8) is 0 Å². The van der Waals surface area contributed by atoms with Crippen LogP contribution in [0.2, 0.25) is 0 Å². The Kier molecular flexibility index (Phi) is 8.07. The first kappa shape index (κ1) is 24.1. The molecule has 0 aliphatic rings. The van der Waals surface area contributed by atoms with Crippen LogP contribution in [0.1, 0.15) is 31.9 Å². The smallest absolute Gasteiger partial charge is 0.338 e. The SMILES string of the molecule is C=C(C)C(=O)Oc1ccc(C=Cc2cc(OC(=O)C(=C)C)cc(OC(=O)C(=C)C)c2)cc1. The van der Waals surface area contributed by atoms with E-state index in [0.29, 0.717) is 16.9 Å². The van der Waals surface area contributed by atoms with E-state index in [-0.39, 0.29) is 22.6 Å². The minimum absolute atomic E-state index is 0.201. The van der Waals surface area contributed by atoms with Gasteiger partial charge < -0.3 is 14.2 Å². The van der Waals surface area contributed by atoms with Crippen molar-refractivity contribution in [2.75, 3.05) is 0 Å². The van der Waals surface area contributed by atoms with E-state index in [1.54, 1.807) is 55.5 Å². The summed E-state index contributed by atoms with van der Waals surface area (Å²) >= 11 is 0. The molecule has 164 valence electrons. The van der Waals surface area contributed by atoms with Gasteiger partial charge in [0.1, 0.15) is 17.2 Å². The molecule has 0 aromatic heterocycles. The minimum atomic E-state index is -0.594. The lowest BCUT2D eigenvalue weighted by molar-refractivity contribution is -0.131. The van der Waals surface area contributed by atoms with Crippen LogP contribution in [0, 0.1) is 0 Å². The summed E-state index contributed by atoms with van der Waals surface area (Å²) in [4.78, 5) is 35.4. The predicted octanol–water partition coefficient (Wildman–Crippen LogP) is 5.30. The van der Waals surface area contributed by atoms with Crippen LogP contribution in [0.4, 0.5) is 0 Å². The largest absolute Gasteiger partial charge is 0.423 e. The van der Waals surface area contributed by atoms with Crippen molar-refractivity contribution in [2.24, 2.45) is 0 Å². The first-order valence-electron chi connectivity index (χ1n) is 9.61. The second-order valence-electron chi connectivity index (χ2n) is 7.15. The van der Waals surface area contributed by atoms with Crippen LogP contribution >= 0.6 is 0 Å². The van der Waals surface area contributed by atoms with Gasteiger partial charge in [-0.3, -0.25) is 0 Å². The fraction of sp³-hybridized carbons (Fsp3) is 0.115. The molecule has 0 spiro atoms. The summed E-state index contributed by atoms with van der Waals surface area (Å²) in [6.07, 6.45) is 3.56. The Morgan fingerprint density at radius 3 is 1.38 bits per heavy atom. The first-order chi connectivity index (χ1) is 15.0. The van der Waals surface area contributed by atoms with E-state index in [1.165, 1.54) is 19.9 Å². The van der Waals surface area contributed by atoms with E-state index in [2.05, 4.69) is 19.7 Å². The summed E-state index contributed by atoms with van der Waals surface area (Å²) in [6.45, 7) is 15.3. The molecule has 0 aliphatic heterocycles. The number of ether oxygens (including phenoxy) is 3. The molecule has 0 heterocycles. The molecule has 0 saturated carbocycles. The maximum atomic E-state index is 11.9. The highest BCUT2D eigenvalue weighted by molar-refractivity contribution is 5.90. The molecule has 32 heavy (non-hydrogen) atoms. The van der Waals surface area contributed by atoms with Gasteiger partial charge in [0.2, 0.25) is 0 Å². The molecule has 0 saturated heterocycles. The molecule has 0 radical (unpaired) electrons. The Bertz CT molecular complexity index is 1070. The van der Waals surface area contributed by atoms with E-state index in [9.17, 15) is 14.4 Å². The molecular weight excluding hydrogens is 408 g/mol. The van der Waals surface area contributed by atoms with Crippen LogP contribution in [0.25, 0.3) is 12.2 Å². The Hall–Kier alpha value is -4.19. The molecule has 0 atom stereocenters. The lowest BCUT2D eigenvalue weighted by Crippen LogP contribution is -2.10. The third kappa shape index (κ3) is 7.25. The molecule has 0 aliphatic carbocycles. The normalized spacial score (nSPS) is 10.3. The van der Waals surface area contributed by atoms with Crippen molar-refractivity contribution in [3.05, 3.63) is 90.0 Å². The zero-order valence-corrected chi connectivity index (χ0v) is 18.3. The Morgan fingerprint density at radius 1 is 0.594 bits per heavy atom. The summed E-state index contributed by atoms with van der Waals surface area (Å²) in [6, 6.07) is 11.5. The topological polar surface area (TPSA) is 78.9 Å². The molecule has 0 amide bonds. The lowest BCUT2D eigenvalue weighted by Gasteiger charge is -2.09. The molecular formula is C26H24O6. The third-order valence-corrected chi connectivity index (χ3v) is 3.93. The number of esters is 3. The number of rotatable bonds is 8. The van der Waals surface area contributed by atoms with E-state index in [4.69, 9.17) is 14.2 Å². The van der Waals surface area contributed by atoms with Gasteiger partial charge in [-0.15, -0.1) is 0 Å². The summed E-state index contributed by atoms with van der Waals surface area (Å²) in [5, 5.41) is 0. The molecule has 0 unspecified atom stereocenters. The van der Waals surface area contributed by atoms with E-state index in [1.807, 2.05) is 0 Å². The summed E-state index contributed by atoms with van der Waals surface area (Å²) in [5.74, 6) is -0.881. The lowest BCUT2D eigenvalue weighted by atomic mass is 10.1. The van der Waals surface area contributed by atoms with Crippen LogP contribution in [0.15, 0.2) is 78.9 Å². The van der Waals surface area contributed by atoms with Gasteiger partial charge in [0, 0.05) is 22.8 Å². The fourth-order valence-electron chi connectivity index (χ4n) is 2.23. The van der Waals surface area contributed by atoms with E-state index in [0.717, 1.165) is 5.56 Å². The summed E-state index contributed by atoms with van der Waals surface area (Å²) in [5.41, 5.74) is 2.23. The van der Waals surface area contributed by atoms with Gasteiger partial charge >= 0.3 is 17.9 Å². The maximum absolute atomic E-state index is 11.9. The summed E-state index contributed by atoms with van der Waals surface area (Å²) in [7, 11) is 0. The Morgan fingerprint density at radius 2 is 0.969 bits per heavy atom. The van der Waals surface area contributed by atoms with Gasteiger partial charge in [-0.05, 0) is 56.2 Å². The third-order valence-electron chi connectivity index (χ3n) is 3.93. The van der Waals surface area contributed by atoms with Crippen molar-refractivity contribution in [2.45, 2.75) is 20.8 Å². The highest BCUT2D eigenvalue weighted by Gasteiger charge is 2.11. The van der Waals surface area contributed by atoms with Gasteiger partial charge in [-0.2, -0.15) is 0 Å². The molecule has 2 aromatic rings. The second kappa shape index (κ2) is 10.7. The second-order valence-corrected chi connectivity index (χ2v) is 7.15. The molecule has 6 nitrogen and oxygen atoms in total. The average Bonchev–Trinajstić information content (AvgIpc) is 2.72. The van der Waals surface area contributed by atoms with Gasteiger partial charge in [0.15, 0.2) is 0 Å². The Labute approximate surface area is 187 Å². The fourth-order valence-corrected chi connectivity index (χ4v) is 2.23. The van der Waals surface area contributed by atoms with E-state index < -0.39 is 17.9 Å². The Balaban J connectivity index is 2.27. The molecule has 2 aromatic carbocycles. The zero-order valence-electron chi connectivity index (χ0n) is 18.3. The highest BCUT2D eigenvalue weighted by Crippen LogP contribution is 2.26. The van der Waals surface area contributed by atoms with Gasteiger partial charge in [0.25, 0.3) is 0 Å². The van der Waals surface area contributed by atoms with Crippen molar-refractivity contribution in [1.29, 1.82) is 0 Å². The zero-order chi connectivity index (χ0) is 23.8. The summed E-state index contributed by atoms with van der Waals surface area (Å²) < 4.78 is 15.7. The number of carbonyl (C=O) groups is 3. The standard InChI is InChI=1S/C26H24O6/c1-16(2)24(27)30-21-11-9-19(10-12-21)7-8-20-13-22(31-25(28)17(3)4)15-23(14-20)32-26(29)18(5)6/h7-15H,1,3,5H2,2,4,6H3. The number of hydrogen-bond donors (Lipinski definition) is 0. The quantitative estimate of drug-likeness (QED) is 0.244. The van der Waals surface area contributed by atoms with Crippen molar-refractivity contribution in [1.82, 2.24) is 0 Å². The van der Waals surface area contributed by atoms with Crippen LogP contribution in [-0.2, 0) is 14.4 Å². The van der Waals surface area contributed by atoms with Crippen molar-refractivity contribution in [3.8, 4) is 17.2 Å². The van der Waals surface area contributed by atoms with Crippen LogP contribution in [0.5, 0.6) is 17.2 Å². The van der Waals surface area contributed by atoms with E-state index >= 15 is 0 Å². The van der Waals surface area contributed by atoms with Crippen LogP contribution in [0.3, 0.4) is 0 Å². The van der Waals surface area contributed by atoms with Crippen molar-refractivity contribution >= 4 is 30.1 Å². The predicted molar refractivity (Wildman–Crippen MR) is 123 cm³/mol. The molecule has 2 rings (SSSR count). The van der Waals surface area contributed by atoms with Gasteiger partial charge in [-0.25, -0.2) is 14.4 Å². The number of hydrogen-bond acceptors (Lipinski definition) is 6. The first-order valence-corrected chi connectivity index (χ1v) is 9.61. The molecule has 0 bridgehead atoms. The monoisotopic (exact) mass is 432 g/mol. The van der Waals surface area contributed by atoms with Crippen molar-refractivity contribution < 1.29 is 28.6 Å². The molecule has 0 N–H and O–H groups in total. The molecule has 0 fully saturated rings. The minimum Gasteiger partial charge on any atom is -0.423 e. The van der Waals surface area contributed by atoms with Crippen LogP contribution < -0.4 is 14.2 Å². The van der Waals surface area contributed by atoms with Gasteiger partial charge in [0.05, 0.1) is 0 Å². The highest BCUT2D eigenvalue weighted by atomic mass is 16.5. The average molecular weight is 432 g/mol. The number of carbonyl (C=O) groups excluding carboxylic acids is 3. The van der Waals surface area contributed by atoms with Gasteiger partial charge in [-0.1, -0.05) is 44.0 Å².